The van der Waals surface area contributed by atoms with E-state index in [9.17, 15) is 5.11 Å². The van der Waals surface area contributed by atoms with Crippen molar-refractivity contribution in [2.24, 2.45) is 5.73 Å². The van der Waals surface area contributed by atoms with Crippen LogP contribution in [-0.4, -0.2) is 34.4 Å². The first-order chi connectivity index (χ1) is 7.10. The van der Waals surface area contributed by atoms with Crippen molar-refractivity contribution in [1.82, 2.24) is 10.1 Å². The van der Waals surface area contributed by atoms with Crippen LogP contribution in [0.3, 0.4) is 0 Å². The van der Waals surface area contributed by atoms with Gasteiger partial charge in [0, 0.05) is 13.1 Å². The molecule has 0 amide bonds. The van der Waals surface area contributed by atoms with Gasteiger partial charge in [0.25, 0.3) is 5.95 Å². The van der Waals surface area contributed by atoms with E-state index < -0.39 is 12.1 Å². The Morgan fingerprint density at radius 2 is 2.07 bits per heavy atom. The number of hydrogen-bond donors (Lipinski definition) is 2. The third-order valence-electron chi connectivity index (χ3n) is 2.28. The molecule has 1 heterocycles. The molecule has 0 aliphatic carbocycles. The van der Waals surface area contributed by atoms with Gasteiger partial charge in [0.05, 0.1) is 6.10 Å². The largest absolute Gasteiger partial charge is 0.391 e. The van der Waals surface area contributed by atoms with Crippen molar-refractivity contribution in [3.05, 3.63) is 5.89 Å². The van der Waals surface area contributed by atoms with Crippen molar-refractivity contribution in [2.45, 2.75) is 32.9 Å². The lowest BCUT2D eigenvalue weighted by Crippen LogP contribution is -2.25. The van der Waals surface area contributed by atoms with Gasteiger partial charge in [0.15, 0.2) is 0 Å². The molecule has 1 aromatic heterocycles. The highest BCUT2D eigenvalue weighted by Crippen LogP contribution is 2.15. The van der Waals surface area contributed by atoms with Crippen molar-refractivity contribution in [2.75, 3.05) is 18.0 Å². The number of rotatable bonds is 5. The summed E-state index contributed by atoms with van der Waals surface area (Å²) in [6, 6.07) is -0.623. The Kier molecular flexibility index (Phi) is 4.05. The maximum absolute atomic E-state index is 9.27. The molecule has 1 aromatic rings. The number of nitrogens with zero attached hydrogens (tertiary/aromatic N) is 3. The lowest BCUT2D eigenvalue weighted by molar-refractivity contribution is 0.146. The Labute approximate surface area is 89.1 Å². The molecule has 0 spiro atoms. The zero-order chi connectivity index (χ0) is 11.4. The molecule has 6 heteroatoms. The van der Waals surface area contributed by atoms with Crippen LogP contribution in [0.25, 0.3) is 0 Å². The van der Waals surface area contributed by atoms with Gasteiger partial charge in [0.2, 0.25) is 5.89 Å². The van der Waals surface area contributed by atoms with Crippen molar-refractivity contribution in [3.8, 4) is 0 Å². The lowest BCUT2D eigenvalue weighted by atomic mass is 10.2. The monoisotopic (exact) mass is 214 g/mol. The molecule has 0 aliphatic rings. The van der Waals surface area contributed by atoms with Crippen LogP contribution >= 0.6 is 0 Å². The molecule has 6 nitrogen and oxygen atoms in total. The van der Waals surface area contributed by atoms with Gasteiger partial charge in [-0.1, -0.05) is 0 Å². The van der Waals surface area contributed by atoms with Gasteiger partial charge in [-0.2, -0.15) is 4.98 Å². The summed E-state index contributed by atoms with van der Waals surface area (Å²) in [7, 11) is 0. The quantitative estimate of drug-likeness (QED) is 0.732. The smallest absolute Gasteiger partial charge is 0.266 e. The highest BCUT2D eigenvalue weighted by atomic mass is 16.5. The second-order valence-electron chi connectivity index (χ2n) is 3.37. The summed E-state index contributed by atoms with van der Waals surface area (Å²) in [5, 5.41) is 13.1. The molecule has 2 unspecified atom stereocenters. The van der Waals surface area contributed by atoms with Crippen LogP contribution < -0.4 is 10.6 Å². The van der Waals surface area contributed by atoms with Gasteiger partial charge in [-0.15, -0.1) is 0 Å². The molecule has 0 saturated heterocycles. The van der Waals surface area contributed by atoms with Gasteiger partial charge in [-0.25, -0.2) is 0 Å². The van der Waals surface area contributed by atoms with Crippen LogP contribution in [-0.2, 0) is 0 Å². The van der Waals surface area contributed by atoms with Gasteiger partial charge in [-0.05, 0) is 25.9 Å². The van der Waals surface area contributed by atoms with Crippen LogP contribution in [0.15, 0.2) is 4.52 Å². The Morgan fingerprint density at radius 3 is 2.53 bits per heavy atom. The van der Waals surface area contributed by atoms with E-state index in [1.807, 2.05) is 18.7 Å². The highest BCUT2D eigenvalue weighted by molar-refractivity contribution is 5.27. The number of aliphatic hydroxyl groups is 1. The maximum atomic E-state index is 9.27. The average molecular weight is 214 g/mol. The zero-order valence-corrected chi connectivity index (χ0v) is 9.34. The van der Waals surface area contributed by atoms with Gasteiger partial charge in [-0.3, -0.25) is 0 Å². The molecule has 2 atom stereocenters. The summed E-state index contributed by atoms with van der Waals surface area (Å²) in [4.78, 5) is 6.08. The van der Waals surface area contributed by atoms with Crippen LogP contribution in [0.2, 0.25) is 0 Å². The molecular weight excluding hydrogens is 196 g/mol. The lowest BCUT2D eigenvalue weighted by Gasteiger charge is -2.14. The molecule has 86 valence electrons. The standard InChI is InChI=1S/C9H18N4O2/c1-4-13(5-2)9-11-8(15-12-9)7(10)6(3)14/h6-7,14H,4-5,10H2,1-3H3. The maximum Gasteiger partial charge on any atom is 0.266 e. The van der Waals surface area contributed by atoms with Crippen molar-refractivity contribution < 1.29 is 9.63 Å². The molecule has 0 saturated carbocycles. The summed E-state index contributed by atoms with van der Waals surface area (Å²) >= 11 is 0. The minimum Gasteiger partial charge on any atom is -0.391 e. The van der Waals surface area contributed by atoms with Crippen molar-refractivity contribution >= 4 is 5.95 Å². The predicted molar refractivity (Wildman–Crippen MR) is 56.5 cm³/mol. The molecule has 0 fully saturated rings. The molecule has 15 heavy (non-hydrogen) atoms. The summed E-state index contributed by atoms with van der Waals surface area (Å²) in [6.45, 7) is 7.22. The summed E-state index contributed by atoms with van der Waals surface area (Å²) in [6.07, 6.45) is -0.699. The van der Waals surface area contributed by atoms with E-state index in [2.05, 4.69) is 10.1 Å². The first-order valence-corrected chi connectivity index (χ1v) is 5.12. The Morgan fingerprint density at radius 1 is 1.47 bits per heavy atom. The van der Waals surface area contributed by atoms with Crippen LogP contribution in [0.1, 0.15) is 32.7 Å². The van der Waals surface area contributed by atoms with Gasteiger partial charge < -0.3 is 20.3 Å². The van der Waals surface area contributed by atoms with E-state index in [4.69, 9.17) is 10.3 Å². The van der Waals surface area contributed by atoms with Crippen LogP contribution in [0.4, 0.5) is 5.95 Å². The first-order valence-electron chi connectivity index (χ1n) is 5.12. The average Bonchev–Trinajstić information content (AvgIpc) is 2.67. The predicted octanol–water partition coefficient (Wildman–Crippen LogP) is 0.296. The third-order valence-corrected chi connectivity index (χ3v) is 2.28. The summed E-state index contributed by atoms with van der Waals surface area (Å²) in [5.74, 6) is 0.790. The number of nitrogens with two attached hydrogens (primary N) is 1. The highest BCUT2D eigenvalue weighted by Gasteiger charge is 2.20. The van der Waals surface area contributed by atoms with E-state index >= 15 is 0 Å². The van der Waals surface area contributed by atoms with Crippen LogP contribution in [0.5, 0.6) is 0 Å². The third kappa shape index (κ3) is 2.66. The minimum absolute atomic E-state index is 0.270. The van der Waals surface area contributed by atoms with Crippen LogP contribution in [0, 0.1) is 0 Å². The number of anilines is 1. The topological polar surface area (TPSA) is 88.4 Å². The number of aliphatic hydroxyl groups excluding tert-OH is 1. The van der Waals surface area contributed by atoms with Crippen molar-refractivity contribution in [1.29, 1.82) is 0 Å². The molecule has 3 N–H and O–H groups in total. The molecule has 0 aliphatic heterocycles. The van der Waals surface area contributed by atoms with E-state index in [1.165, 1.54) is 0 Å². The van der Waals surface area contributed by atoms with E-state index in [-0.39, 0.29) is 5.89 Å². The molecular formula is C9H18N4O2. The molecule has 1 rings (SSSR count). The Balaban J connectivity index is 2.79. The fraction of sp³-hybridized carbons (Fsp3) is 0.778. The van der Waals surface area contributed by atoms with Gasteiger partial charge in [0.1, 0.15) is 6.04 Å². The number of aromatic nitrogens is 2. The van der Waals surface area contributed by atoms with E-state index in [0.717, 1.165) is 13.1 Å². The fourth-order valence-electron chi connectivity index (χ4n) is 1.20. The van der Waals surface area contributed by atoms with Gasteiger partial charge >= 0.3 is 0 Å². The Hall–Kier alpha value is -1.14. The van der Waals surface area contributed by atoms with E-state index in [1.54, 1.807) is 6.92 Å². The fourth-order valence-corrected chi connectivity index (χ4v) is 1.20. The number of hydrogen-bond acceptors (Lipinski definition) is 6. The normalized spacial score (nSPS) is 15.0. The molecule has 0 bridgehead atoms. The summed E-state index contributed by atoms with van der Waals surface area (Å²) in [5.41, 5.74) is 5.67. The zero-order valence-electron chi connectivity index (χ0n) is 9.34. The first kappa shape index (κ1) is 11.9. The van der Waals surface area contributed by atoms with Crippen molar-refractivity contribution in [3.63, 3.8) is 0 Å². The summed E-state index contributed by atoms with van der Waals surface area (Å²) < 4.78 is 4.98. The minimum atomic E-state index is -0.699. The second kappa shape index (κ2) is 5.09. The van der Waals surface area contributed by atoms with E-state index in [0.29, 0.717) is 5.95 Å². The molecule has 0 aromatic carbocycles. The second-order valence-corrected chi connectivity index (χ2v) is 3.37. The molecule has 0 radical (unpaired) electrons. The Bertz CT molecular complexity index is 280. The SMILES string of the molecule is CCN(CC)c1noc(C(N)C(C)O)n1.